The maximum absolute atomic E-state index is 12.4. The quantitative estimate of drug-likeness (QED) is 0.870. The molecule has 0 saturated carbocycles. The number of aromatic nitrogens is 2. The Bertz CT molecular complexity index is 781. The fourth-order valence-electron chi connectivity index (χ4n) is 1.90. The molecule has 2 rings (SSSR count). The maximum atomic E-state index is 12.4. The standard InChI is InChI=1S/C14H19N3O3S2/c1-4-14(2,3)15-12(18)8-9-22(19,20)11-7-5-6-10-13(11)17-21-16-10/h5-7H,4,8-9H2,1-3H3,(H,15,18). The third-order valence-electron chi connectivity index (χ3n) is 3.54. The summed E-state index contributed by atoms with van der Waals surface area (Å²) in [7, 11) is -3.57. The minimum Gasteiger partial charge on any atom is -0.351 e. The number of amides is 1. The molecule has 2 aromatic rings. The molecule has 22 heavy (non-hydrogen) atoms. The minimum atomic E-state index is -3.57. The van der Waals surface area contributed by atoms with E-state index in [1.165, 1.54) is 6.07 Å². The van der Waals surface area contributed by atoms with Gasteiger partial charge in [0.15, 0.2) is 9.84 Å². The smallest absolute Gasteiger partial charge is 0.221 e. The van der Waals surface area contributed by atoms with E-state index < -0.39 is 9.84 Å². The van der Waals surface area contributed by atoms with Gasteiger partial charge in [-0.1, -0.05) is 13.0 Å². The van der Waals surface area contributed by atoms with Crippen LogP contribution in [0.4, 0.5) is 0 Å². The van der Waals surface area contributed by atoms with E-state index in [0.717, 1.165) is 18.1 Å². The molecule has 1 N–H and O–H groups in total. The zero-order valence-corrected chi connectivity index (χ0v) is 14.4. The lowest BCUT2D eigenvalue weighted by Crippen LogP contribution is -2.43. The van der Waals surface area contributed by atoms with Gasteiger partial charge in [0.2, 0.25) is 5.91 Å². The number of nitrogens with one attached hydrogen (secondary N) is 1. The van der Waals surface area contributed by atoms with Gasteiger partial charge in [-0.2, -0.15) is 8.75 Å². The Kier molecular flexibility index (Phi) is 4.81. The molecule has 1 aromatic carbocycles. The highest BCUT2D eigenvalue weighted by molar-refractivity contribution is 7.91. The fourth-order valence-corrected chi connectivity index (χ4v) is 3.91. The second-order valence-corrected chi connectivity index (χ2v) is 8.35. The van der Waals surface area contributed by atoms with Crippen molar-refractivity contribution < 1.29 is 13.2 Å². The summed E-state index contributed by atoms with van der Waals surface area (Å²) in [6.45, 7) is 5.77. The average molecular weight is 341 g/mol. The summed E-state index contributed by atoms with van der Waals surface area (Å²) in [5.41, 5.74) is 0.601. The van der Waals surface area contributed by atoms with Gasteiger partial charge < -0.3 is 5.32 Å². The first-order chi connectivity index (χ1) is 10.2. The van der Waals surface area contributed by atoms with Crippen molar-refractivity contribution in [2.45, 2.75) is 44.0 Å². The number of nitrogens with zero attached hydrogens (tertiary/aromatic N) is 2. The molecular weight excluding hydrogens is 322 g/mol. The Labute approximate surface area is 134 Å². The second-order valence-electron chi connectivity index (χ2n) is 5.74. The van der Waals surface area contributed by atoms with Crippen LogP contribution >= 0.6 is 11.7 Å². The number of hydrogen-bond donors (Lipinski definition) is 1. The number of sulfone groups is 1. The average Bonchev–Trinajstić information content (AvgIpc) is 2.93. The van der Waals surface area contributed by atoms with Crippen LogP contribution in [0.25, 0.3) is 11.0 Å². The molecule has 1 aromatic heterocycles. The Hall–Kier alpha value is -1.54. The lowest BCUT2D eigenvalue weighted by atomic mass is 10.0. The predicted molar refractivity (Wildman–Crippen MR) is 86.6 cm³/mol. The van der Waals surface area contributed by atoms with E-state index in [4.69, 9.17) is 0 Å². The van der Waals surface area contributed by atoms with Crippen LogP contribution in [-0.2, 0) is 14.6 Å². The lowest BCUT2D eigenvalue weighted by Gasteiger charge is -2.24. The van der Waals surface area contributed by atoms with Crippen molar-refractivity contribution in [2.24, 2.45) is 0 Å². The maximum Gasteiger partial charge on any atom is 0.221 e. The van der Waals surface area contributed by atoms with Crippen molar-refractivity contribution in [2.75, 3.05) is 5.75 Å². The SMILES string of the molecule is CCC(C)(C)NC(=O)CCS(=O)(=O)c1cccc2nsnc12. The van der Waals surface area contributed by atoms with Crippen LogP contribution in [0.15, 0.2) is 23.1 Å². The van der Waals surface area contributed by atoms with E-state index in [9.17, 15) is 13.2 Å². The third kappa shape index (κ3) is 3.80. The highest BCUT2D eigenvalue weighted by Gasteiger charge is 2.23. The van der Waals surface area contributed by atoms with Crippen LogP contribution in [-0.4, -0.2) is 34.4 Å². The highest BCUT2D eigenvalue weighted by Crippen LogP contribution is 2.22. The van der Waals surface area contributed by atoms with E-state index in [1.54, 1.807) is 12.1 Å². The molecule has 0 bridgehead atoms. The normalized spacial score (nSPS) is 12.5. The van der Waals surface area contributed by atoms with E-state index in [-0.39, 0.29) is 28.5 Å². The minimum absolute atomic E-state index is 0.0697. The molecule has 0 radical (unpaired) electrons. The lowest BCUT2D eigenvalue weighted by molar-refractivity contribution is -0.122. The topological polar surface area (TPSA) is 89.0 Å². The van der Waals surface area contributed by atoms with Gasteiger partial charge in [-0.05, 0) is 32.4 Å². The van der Waals surface area contributed by atoms with Crippen molar-refractivity contribution in [1.82, 2.24) is 14.1 Å². The number of carbonyl (C=O) groups excluding carboxylic acids is 1. The second kappa shape index (κ2) is 6.29. The molecular formula is C14H19N3O3S2. The van der Waals surface area contributed by atoms with Crippen molar-refractivity contribution in [3.05, 3.63) is 18.2 Å². The first kappa shape index (κ1) is 16.8. The number of benzene rings is 1. The van der Waals surface area contributed by atoms with Gasteiger partial charge in [0.1, 0.15) is 11.0 Å². The van der Waals surface area contributed by atoms with Crippen molar-refractivity contribution in [3.63, 3.8) is 0 Å². The van der Waals surface area contributed by atoms with E-state index in [2.05, 4.69) is 14.1 Å². The monoisotopic (exact) mass is 341 g/mol. The van der Waals surface area contributed by atoms with Crippen molar-refractivity contribution in [1.29, 1.82) is 0 Å². The molecule has 0 atom stereocenters. The third-order valence-corrected chi connectivity index (χ3v) is 5.83. The molecule has 0 fully saturated rings. The molecule has 1 heterocycles. The molecule has 120 valence electrons. The summed E-state index contributed by atoms with van der Waals surface area (Å²) in [5, 5.41) is 2.83. The summed E-state index contributed by atoms with van der Waals surface area (Å²) >= 11 is 0.975. The van der Waals surface area contributed by atoms with E-state index >= 15 is 0 Å². The van der Waals surface area contributed by atoms with Crippen LogP contribution < -0.4 is 5.32 Å². The Morgan fingerprint density at radius 3 is 2.73 bits per heavy atom. The zero-order chi connectivity index (χ0) is 16.4. The summed E-state index contributed by atoms with van der Waals surface area (Å²) < 4.78 is 33.0. The molecule has 0 aliphatic heterocycles. The predicted octanol–water partition coefficient (Wildman–Crippen LogP) is 2.16. The zero-order valence-electron chi connectivity index (χ0n) is 12.8. The number of carbonyl (C=O) groups is 1. The highest BCUT2D eigenvalue weighted by atomic mass is 32.2. The summed E-state index contributed by atoms with van der Waals surface area (Å²) in [6, 6.07) is 4.86. The van der Waals surface area contributed by atoms with Gasteiger partial charge >= 0.3 is 0 Å². The molecule has 1 amide bonds. The molecule has 0 aliphatic carbocycles. The number of fused-ring (bicyclic) bond motifs is 1. The van der Waals surface area contributed by atoms with Crippen LogP contribution in [0.3, 0.4) is 0 Å². The van der Waals surface area contributed by atoms with Crippen LogP contribution in [0.2, 0.25) is 0 Å². The Balaban J connectivity index is 2.12. The first-order valence-electron chi connectivity index (χ1n) is 7.00. The van der Waals surface area contributed by atoms with E-state index in [0.29, 0.717) is 11.0 Å². The van der Waals surface area contributed by atoms with Gasteiger partial charge in [-0.3, -0.25) is 4.79 Å². The number of rotatable bonds is 6. The molecule has 0 aliphatic rings. The molecule has 8 heteroatoms. The van der Waals surface area contributed by atoms with Crippen molar-refractivity contribution >= 4 is 38.5 Å². The van der Waals surface area contributed by atoms with Gasteiger partial charge in [0.25, 0.3) is 0 Å². The molecule has 0 spiro atoms. The largest absolute Gasteiger partial charge is 0.351 e. The van der Waals surface area contributed by atoms with Gasteiger partial charge in [0, 0.05) is 12.0 Å². The van der Waals surface area contributed by atoms with Crippen LogP contribution in [0.5, 0.6) is 0 Å². The van der Waals surface area contributed by atoms with Gasteiger partial charge in [-0.15, -0.1) is 0 Å². The summed E-state index contributed by atoms with van der Waals surface area (Å²) in [6.07, 6.45) is 0.703. The van der Waals surface area contributed by atoms with Gasteiger partial charge in [0.05, 0.1) is 22.4 Å². The van der Waals surface area contributed by atoms with Crippen LogP contribution in [0, 0.1) is 0 Å². The van der Waals surface area contributed by atoms with Gasteiger partial charge in [-0.25, -0.2) is 8.42 Å². The fraction of sp³-hybridized carbons (Fsp3) is 0.500. The van der Waals surface area contributed by atoms with Crippen LogP contribution in [0.1, 0.15) is 33.6 Å². The Morgan fingerprint density at radius 1 is 1.32 bits per heavy atom. The summed E-state index contributed by atoms with van der Waals surface area (Å²) in [4.78, 5) is 12.0. The van der Waals surface area contributed by atoms with E-state index in [1.807, 2.05) is 20.8 Å². The number of hydrogen-bond acceptors (Lipinski definition) is 6. The molecule has 0 unspecified atom stereocenters. The van der Waals surface area contributed by atoms with Crippen molar-refractivity contribution in [3.8, 4) is 0 Å². The molecule has 6 nitrogen and oxygen atoms in total. The summed E-state index contributed by atoms with van der Waals surface area (Å²) in [5.74, 6) is -0.506. The molecule has 0 saturated heterocycles. The Morgan fingerprint density at radius 2 is 2.05 bits per heavy atom. The first-order valence-corrected chi connectivity index (χ1v) is 9.38.